The number of nitrogens with zero attached hydrogens (tertiary/aromatic N) is 3. The predicted octanol–water partition coefficient (Wildman–Crippen LogP) is -2.47. The van der Waals surface area contributed by atoms with Crippen molar-refractivity contribution in [1.29, 1.82) is 5.39 Å². The molecule has 1 heterocycles. The van der Waals surface area contributed by atoms with Crippen molar-refractivity contribution in [1.82, 2.24) is 5.32 Å². The number of amides is 1. The molecule has 14 nitrogen and oxygen atoms in total. The first kappa shape index (κ1) is 39.2. The highest BCUT2D eigenvalue weighted by atomic mass is 35.5. The van der Waals surface area contributed by atoms with Gasteiger partial charge in [-0.3, -0.25) is 4.79 Å². The van der Waals surface area contributed by atoms with Gasteiger partial charge in [0.05, 0.1) is 59.5 Å². The van der Waals surface area contributed by atoms with E-state index in [0.29, 0.717) is 45.6 Å². The van der Waals surface area contributed by atoms with E-state index in [2.05, 4.69) is 15.5 Å². The van der Waals surface area contributed by atoms with Gasteiger partial charge in [0.15, 0.2) is 11.4 Å². The van der Waals surface area contributed by atoms with Gasteiger partial charge in [0, 0.05) is 23.8 Å². The number of aliphatic hydroxyl groups is 4. The van der Waals surface area contributed by atoms with Crippen LogP contribution in [0.4, 0.5) is 0 Å². The molecule has 1 saturated carbocycles. The summed E-state index contributed by atoms with van der Waals surface area (Å²) >= 11 is 0. The average Bonchev–Trinajstić information content (AvgIpc) is 2.93. The van der Waals surface area contributed by atoms with Crippen molar-refractivity contribution < 1.29 is 61.3 Å². The van der Waals surface area contributed by atoms with Crippen LogP contribution in [0.5, 0.6) is 0 Å². The molecule has 0 aromatic rings. The molecule has 0 aromatic heterocycles. The Bertz CT molecular complexity index is 797. The van der Waals surface area contributed by atoms with E-state index in [0.717, 1.165) is 42.9 Å². The maximum Gasteiger partial charge on any atom is 0.338 e. The van der Waals surface area contributed by atoms with E-state index in [4.69, 9.17) is 34.2 Å². The lowest BCUT2D eigenvalue weighted by Crippen LogP contribution is -3.00. The molecule has 17 heteroatoms. The summed E-state index contributed by atoms with van der Waals surface area (Å²) in [4.78, 5) is 12.0. The van der Waals surface area contributed by atoms with Crippen molar-refractivity contribution in [3.8, 4) is 0 Å². The standard InChI is InChI=1S/C25H44N4O10S2.ClH/c26-29-28-19(18-3-1-4-18)5-2-15-40-41-16-14-38-13-12-37-11-10-36-9-8-35-7-6-21(31)27-22-24(33)23(32)20(17-30)39-25(22)34;/h18,20,22-25,30,32-34H,1-17H2;1H/b28-19-;. The van der Waals surface area contributed by atoms with Crippen LogP contribution >= 0.6 is 21.6 Å². The highest BCUT2D eigenvalue weighted by Gasteiger charge is 2.44. The Morgan fingerprint density at radius 3 is 2.07 bits per heavy atom. The Morgan fingerprint density at radius 2 is 1.50 bits per heavy atom. The fourth-order valence-electron chi connectivity index (χ4n) is 4.10. The third-order valence-corrected chi connectivity index (χ3v) is 9.08. The lowest BCUT2D eigenvalue weighted by atomic mass is 9.80. The second kappa shape index (κ2) is 24.5. The molecule has 0 bridgehead atoms. The van der Waals surface area contributed by atoms with Crippen molar-refractivity contribution >= 4 is 33.2 Å². The zero-order valence-corrected chi connectivity index (χ0v) is 26.1. The number of carbonyl (C=O) groups excluding carboxylic acids is 1. The number of diazo groups is 1. The van der Waals surface area contributed by atoms with E-state index in [9.17, 15) is 20.1 Å². The third-order valence-electron chi connectivity index (χ3n) is 6.62. The normalized spacial score (nSPS) is 24.5. The fourth-order valence-corrected chi connectivity index (χ4v) is 6.04. The van der Waals surface area contributed by atoms with Gasteiger partial charge in [0.2, 0.25) is 5.91 Å². The quantitative estimate of drug-likeness (QED) is 0.0255. The van der Waals surface area contributed by atoms with Gasteiger partial charge in [-0.1, -0.05) is 28.0 Å². The largest absolute Gasteiger partial charge is 1.00 e. The summed E-state index contributed by atoms with van der Waals surface area (Å²) in [6.45, 7) is 2.66. The summed E-state index contributed by atoms with van der Waals surface area (Å²) < 4.78 is 26.8. The number of hydrogen-bond donors (Lipinski definition) is 5. The van der Waals surface area contributed by atoms with Crippen molar-refractivity contribution in [2.45, 2.75) is 69.2 Å². The maximum absolute atomic E-state index is 12.0. The molecule has 2 aliphatic rings. The zero-order valence-electron chi connectivity index (χ0n) is 23.8. The maximum atomic E-state index is 12.0. The molecule has 244 valence electrons. The Morgan fingerprint density at radius 1 is 0.905 bits per heavy atom. The lowest BCUT2D eigenvalue weighted by Gasteiger charge is -2.40. The highest BCUT2D eigenvalue weighted by molar-refractivity contribution is 8.76. The molecule has 1 aliphatic carbocycles. The van der Waals surface area contributed by atoms with Crippen LogP contribution in [-0.2, 0) is 28.5 Å². The molecule has 5 unspecified atom stereocenters. The summed E-state index contributed by atoms with van der Waals surface area (Å²) in [5.41, 5.74) is 1.03. The van der Waals surface area contributed by atoms with E-state index in [1.54, 1.807) is 10.8 Å². The molecule has 1 saturated heterocycles. The van der Waals surface area contributed by atoms with Crippen LogP contribution in [-0.4, -0.2) is 134 Å². The number of aliphatic hydroxyl groups excluding tert-OH is 4. The van der Waals surface area contributed by atoms with E-state index < -0.39 is 43.2 Å². The van der Waals surface area contributed by atoms with Crippen LogP contribution in [0.15, 0.2) is 5.10 Å². The van der Waals surface area contributed by atoms with Crippen molar-refractivity contribution in [2.75, 3.05) is 71.0 Å². The first-order valence-corrected chi connectivity index (χ1v) is 16.5. The third kappa shape index (κ3) is 15.8. The smallest absolute Gasteiger partial charge is 0.338 e. The molecule has 0 spiro atoms. The van der Waals surface area contributed by atoms with Crippen LogP contribution in [0.2, 0.25) is 0 Å². The Labute approximate surface area is 261 Å². The lowest BCUT2D eigenvalue weighted by molar-refractivity contribution is -0.253. The number of carbonyl (C=O) groups is 1. The SMILES string of the molecule is N#[N+]/N=C(/CCCSSCCOCCOCCOCCOCCC(=O)NC1C(O)OC(CO)C(O)C1O)C1CCC1.[Cl-]. The van der Waals surface area contributed by atoms with Gasteiger partial charge in [0.25, 0.3) is 5.39 Å². The Balaban J connectivity index is 0.00000882. The summed E-state index contributed by atoms with van der Waals surface area (Å²) in [6, 6.07) is -1.21. The summed E-state index contributed by atoms with van der Waals surface area (Å²) in [5.74, 6) is 1.94. The molecule has 2 fully saturated rings. The molecular formula is C25H45ClN4O10S2. The number of ether oxygens (including phenoxy) is 5. The van der Waals surface area contributed by atoms with Crippen LogP contribution < -0.4 is 17.7 Å². The molecule has 5 atom stereocenters. The molecule has 0 radical (unpaired) electrons. The molecule has 5 N–H and O–H groups in total. The molecular weight excluding hydrogens is 616 g/mol. The van der Waals surface area contributed by atoms with Gasteiger partial charge < -0.3 is 61.8 Å². The molecule has 2 rings (SSSR count). The topological polar surface area (TPSA) is 197 Å². The molecule has 1 aliphatic heterocycles. The fraction of sp³-hybridized carbons (Fsp3) is 0.920. The van der Waals surface area contributed by atoms with Gasteiger partial charge in [-0.2, -0.15) is 0 Å². The highest BCUT2D eigenvalue weighted by Crippen LogP contribution is 2.30. The summed E-state index contributed by atoms with van der Waals surface area (Å²) in [6.07, 6.45) is -0.143. The monoisotopic (exact) mass is 660 g/mol. The van der Waals surface area contributed by atoms with Gasteiger partial charge in [-0.25, -0.2) is 0 Å². The van der Waals surface area contributed by atoms with E-state index in [1.807, 2.05) is 10.8 Å². The van der Waals surface area contributed by atoms with Gasteiger partial charge >= 0.3 is 5.08 Å². The summed E-state index contributed by atoms with van der Waals surface area (Å²) in [7, 11) is 3.60. The number of halogens is 1. The molecule has 0 aromatic carbocycles. The average molecular weight is 661 g/mol. The molecule has 1 amide bonds. The van der Waals surface area contributed by atoms with E-state index >= 15 is 0 Å². The Kier molecular flexibility index (Phi) is 22.9. The Hall–Kier alpha value is -0.810. The predicted molar refractivity (Wildman–Crippen MR) is 154 cm³/mol. The van der Waals surface area contributed by atoms with Crippen LogP contribution in [0.3, 0.4) is 0 Å². The van der Waals surface area contributed by atoms with Crippen molar-refractivity contribution in [3.05, 3.63) is 5.08 Å². The first-order chi connectivity index (χ1) is 20.0. The second-order valence-electron chi connectivity index (χ2n) is 9.58. The minimum Gasteiger partial charge on any atom is -1.00 e. The van der Waals surface area contributed by atoms with E-state index in [-0.39, 0.29) is 32.0 Å². The van der Waals surface area contributed by atoms with E-state index in [1.165, 1.54) is 6.42 Å². The number of nitrogens with one attached hydrogen (secondary N) is 1. The summed E-state index contributed by atoms with van der Waals surface area (Å²) in [5, 5.41) is 56.8. The minimum absolute atomic E-state index is 0. The minimum atomic E-state index is -1.55. The number of rotatable bonds is 23. The van der Waals surface area contributed by atoms with Gasteiger partial charge in [-0.05, 0) is 25.7 Å². The van der Waals surface area contributed by atoms with Crippen LogP contribution in [0, 0.1) is 11.3 Å². The van der Waals surface area contributed by atoms with Gasteiger partial charge in [0.1, 0.15) is 30.1 Å². The van der Waals surface area contributed by atoms with Gasteiger partial charge in [-0.15, -0.1) is 0 Å². The second-order valence-corrected chi connectivity index (χ2v) is 12.3. The molecule has 42 heavy (non-hydrogen) atoms. The van der Waals surface area contributed by atoms with Crippen LogP contribution in [0.25, 0.3) is 5.08 Å². The van der Waals surface area contributed by atoms with Crippen molar-refractivity contribution in [3.63, 3.8) is 0 Å². The van der Waals surface area contributed by atoms with Crippen molar-refractivity contribution in [2.24, 2.45) is 11.0 Å². The van der Waals surface area contributed by atoms with Crippen LogP contribution in [0.1, 0.15) is 38.5 Å². The number of hydrogen-bond acceptors (Lipinski definition) is 14. The zero-order chi connectivity index (χ0) is 29.7. The first-order valence-electron chi connectivity index (χ1n) is 14.0.